The Morgan fingerprint density at radius 1 is 0.971 bits per heavy atom. The molecule has 1 unspecified atom stereocenters. The number of nitrogens with zero attached hydrogens (tertiary/aromatic N) is 1. The molecule has 0 aliphatic rings. The SMILES string of the molecule is CSc1ccc(NC(C)c2cccc(-c3cc(C(C)(C)S(C)(=O)=O)cc4cccnc34)c2)cc1. The summed E-state index contributed by atoms with van der Waals surface area (Å²) in [6.07, 6.45) is 5.14. The number of fused-ring (bicyclic) bond motifs is 1. The monoisotopic (exact) mass is 490 g/mol. The molecule has 1 N–H and O–H groups in total. The van der Waals surface area contributed by atoms with Crippen molar-refractivity contribution >= 4 is 38.2 Å². The van der Waals surface area contributed by atoms with Crippen molar-refractivity contribution in [3.05, 3.63) is 90.1 Å². The van der Waals surface area contributed by atoms with Gasteiger partial charge in [-0.1, -0.05) is 24.3 Å². The number of anilines is 1. The van der Waals surface area contributed by atoms with Crippen LogP contribution in [0.15, 0.2) is 83.9 Å². The first-order valence-electron chi connectivity index (χ1n) is 11.2. The van der Waals surface area contributed by atoms with Crippen LogP contribution in [0.3, 0.4) is 0 Å². The van der Waals surface area contributed by atoms with Gasteiger partial charge in [-0.2, -0.15) is 0 Å². The summed E-state index contributed by atoms with van der Waals surface area (Å²) in [7, 11) is -3.32. The maximum absolute atomic E-state index is 12.6. The summed E-state index contributed by atoms with van der Waals surface area (Å²) < 4.78 is 24.1. The van der Waals surface area contributed by atoms with E-state index in [-0.39, 0.29) is 6.04 Å². The first-order valence-corrected chi connectivity index (χ1v) is 14.3. The Bertz CT molecular complexity index is 1430. The lowest BCUT2D eigenvalue weighted by molar-refractivity contribution is 0.561. The summed E-state index contributed by atoms with van der Waals surface area (Å²) in [5.41, 5.74) is 5.78. The van der Waals surface area contributed by atoms with E-state index in [2.05, 4.69) is 65.9 Å². The summed E-state index contributed by atoms with van der Waals surface area (Å²) in [5, 5.41) is 4.50. The molecule has 0 aliphatic heterocycles. The lowest BCUT2D eigenvalue weighted by Crippen LogP contribution is -2.28. The quantitative estimate of drug-likeness (QED) is 0.281. The number of nitrogens with one attached hydrogen (secondary N) is 1. The number of pyridine rings is 1. The standard InChI is InChI=1S/C28H30N2O2S2/c1-19(30-24-11-13-25(33-4)14-12-24)20-8-6-9-21(16-20)26-18-23(28(2,3)34(5,31)32)17-22-10-7-15-29-27(22)26/h6-19,30H,1-5H3. The van der Waals surface area contributed by atoms with Crippen molar-refractivity contribution in [3.8, 4) is 11.1 Å². The van der Waals surface area contributed by atoms with Crippen LogP contribution in [0.25, 0.3) is 22.0 Å². The van der Waals surface area contributed by atoms with Crippen molar-refractivity contribution in [1.29, 1.82) is 0 Å². The van der Waals surface area contributed by atoms with Gasteiger partial charge in [0.15, 0.2) is 9.84 Å². The molecule has 176 valence electrons. The number of sulfone groups is 1. The van der Waals surface area contributed by atoms with Gasteiger partial charge in [-0.25, -0.2) is 8.42 Å². The highest BCUT2D eigenvalue weighted by atomic mass is 32.2. The first kappa shape index (κ1) is 24.3. The predicted molar refractivity (Wildman–Crippen MR) is 145 cm³/mol. The molecule has 0 saturated heterocycles. The third-order valence-corrected chi connectivity index (χ3v) is 9.33. The van der Waals surface area contributed by atoms with E-state index in [1.54, 1.807) is 31.8 Å². The van der Waals surface area contributed by atoms with Crippen molar-refractivity contribution in [2.24, 2.45) is 0 Å². The van der Waals surface area contributed by atoms with E-state index in [1.807, 2.05) is 30.3 Å². The summed E-state index contributed by atoms with van der Waals surface area (Å²) in [6, 6.07) is 24.7. The van der Waals surface area contributed by atoms with E-state index in [0.29, 0.717) is 0 Å². The molecule has 0 spiro atoms. The number of hydrogen-bond donors (Lipinski definition) is 1. The molecule has 34 heavy (non-hydrogen) atoms. The van der Waals surface area contributed by atoms with Crippen LogP contribution < -0.4 is 5.32 Å². The third kappa shape index (κ3) is 4.84. The molecule has 3 aromatic carbocycles. The molecule has 4 rings (SSSR count). The highest BCUT2D eigenvalue weighted by molar-refractivity contribution is 7.98. The van der Waals surface area contributed by atoms with Crippen LogP contribution in [-0.2, 0) is 14.6 Å². The maximum atomic E-state index is 12.6. The van der Waals surface area contributed by atoms with Gasteiger partial charge in [0.25, 0.3) is 0 Å². The molecule has 0 aliphatic carbocycles. The molecule has 1 heterocycles. The Balaban J connectivity index is 1.76. The maximum Gasteiger partial charge on any atom is 0.156 e. The fourth-order valence-electron chi connectivity index (χ4n) is 3.97. The highest BCUT2D eigenvalue weighted by Gasteiger charge is 2.33. The van der Waals surface area contributed by atoms with Gasteiger partial charge >= 0.3 is 0 Å². The number of hydrogen-bond acceptors (Lipinski definition) is 5. The van der Waals surface area contributed by atoms with Crippen molar-refractivity contribution in [2.45, 2.75) is 36.5 Å². The molecule has 1 atom stereocenters. The van der Waals surface area contributed by atoms with Crippen LogP contribution in [0, 0.1) is 0 Å². The molecular formula is C28H30N2O2S2. The predicted octanol–water partition coefficient (Wildman–Crippen LogP) is 7.08. The van der Waals surface area contributed by atoms with Gasteiger partial charge in [-0.15, -0.1) is 11.8 Å². The van der Waals surface area contributed by atoms with Crippen molar-refractivity contribution < 1.29 is 8.42 Å². The van der Waals surface area contributed by atoms with Gasteiger partial charge in [0, 0.05) is 40.0 Å². The molecule has 0 amide bonds. The minimum absolute atomic E-state index is 0.0925. The number of benzene rings is 3. The summed E-state index contributed by atoms with van der Waals surface area (Å²) >= 11 is 1.73. The fourth-order valence-corrected chi connectivity index (χ4v) is 4.92. The summed E-state index contributed by atoms with van der Waals surface area (Å²) in [4.78, 5) is 5.87. The summed E-state index contributed by atoms with van der Waals surface area (Å²) in [5.74, 6) is 0. The van der Waals surface area contributed by atoms with Gasteiger partial charge in [0.05, 0.1) is 10.3 Å². The first-order chi connectivity index (χ1) is 16.1. The fraction of sp³-hybridized carbons (Fsp3) is 0.250. The zero-order valence-electron chi connectivity index (χ0n) is 20.2. The second kappa shape index (κ2) is 9.43. The van der Waals surface area contributed by atoms with Crippen LogP contribution in [0.1, 0.15) is 37.9 Å². The zero-order chi connectivity index (χ0) is 24.5. The zero-order valence-corrected chi connectivity index (χ0v) is 21.8. The average Bonchev–Trinajstić information content (AvgIpc) is 2.83. The highest BCUT2D eigenvalue weighted by Crippen LogP contribution is 2.37. The Labute approximate surface area is 206 Å². The Morgan fingerprint density at radius 3 is 2.38 bits per heavy atom. The van der Waals surface area contributed by atoms with Gasteiger partial charge in [-0.05, 0) is 92.2 Å². The molecule has 0 fully saturated rings. The van der Waals surface area contributed by atoms with E-state index in [0.717, 1.165) is 38.8 Å². The second-order valence-electron chi connectivity index (χ2n) is 9.10. The largest absolute Gasteiger partial charge is 0.379 e. The van der Waals surface area contributed by atoms with Crippen LogP contribution in [0.5, 0.6) is 0 Å². The van der Waals surface area contributed by atoms with Crippen LogP contribution >= 0.6 is 11.8 Å². The van der Waals surface area contributed by atoms with Crippen LogP contribution in [0.2, 0.25) is 0 Å². The van der Waals surface area contributed by atoms with Gasteiger partial charge < -0.3 is 5.32 Å². The van der Waals surface area contributed by atoms with E-state index >= 15 is 0 Å². The minimum Gasteiger partial charge on any atom is -0.379 e. The molecule has 6 heteroatoms. The van der Waals surface area contributed by atoms with E-state index in [9.17, 15) is 8.42 Å². The average molecular weight is 491 g/mol. The number of thioether (sulfide) groups is 1. The van der Waals surface area contributed by atoms with E-state index in [1.165, 1.54) is 11.2 Å². The van der Waals surface area contributed by atoms with Gasteiger partial charge in [0.2, 0.25) is 0 Å². The van der Waals surface area contributed by atoms with Crippen LogP contribution in [0.4, 0.5) is 5.69 Å². The third-order valence-electron chi connectivity index (χ3n) is 6.50. The number of rotatable bonds is 7. The molecule has 4 aromatic rings. The van der Waals surface area contributed by atoms with Crippen LogP contribution in [-0.4, -0.2) is 25.9 Å². The molecule has 4 nitrogen and oxygen atoms in total. The Kier molecular flexibility index (Phi) is 6.74. The van der Waals surface area contributed by atoms with E-state index < -0.39 is 14.6 Å². The van der Waals surface area contributed by atoms with Crippen molar-refractivity contribution in [3.63, 3.8) is 0 Å². The van der Waals surface area contributed by atoms with Gasteiger partial charge in [-0.3, -0.25) is 4.98 Å². The minimum atomic E-state index is -3.32. The molecule has 0 saturated carbocycles. The smallest absolute Gasteiger partial charge is 0.156 e. The Morgan fingerprint density at radius 2 is 1.71 bits per heavy atom. The molecular weight excluding hydrogens is 460 g/mol. The molecule has 1 aromatic heterocycles. The van der Waals surface area contributed by atoms with E-state index in [4.69, 9.17) is 0 Å². The normalized spacial score (nSPS) is 13.1. The van der Waals surface area contributed by atoms with Gasteiger partial charge in [0.1, 0.15) is 0 Å². The van der Waals surface area contributed by atoms with Crippen molar-refractivity contribution in [1.82, 2.24) is 4.98 Å². The van der Waals surface area contributed by atoms with Crippen molar-refractivity contribution in [2.75, 3.05) is 17.8 Å². The lowest BCUT2D eigenvalue weighted by atomic mass is 9.92. The Hall–Kier alpha value is -2.83. The second-order valence-corrected chi connectivity index (χ2v) is 12.5. The molecule has 0 bridgehead atoms. The topological polar surface area (TPSA) is 59.1 Å². The number of aromatic nitrogens is 1. The summed E-state index contributed by atoms with van der Waals surface area (Å²) in [6.45, 7) is 5.66. The lowest BCUT2D eigenvalue weighted by Gasteiger charge is -2.25. The molecule has 0 radical (unpaired) electrons.